The molecule has 17 heavy (non-hydrogen) atoms. The lowest BCUT2D eigenvalue weighted by Crippen LogP contribution is -2.09. The highest BCUT2D eigenvalue weighted by atomic mass is 16.5. The Bertz CT molecular complexity index is 409. The van der Waals surface area contributed by atoms with Gasteiger partial charge >= 0.3 is 0 Å². The average molecular weight is 233 g/mol. The van der Waals surface area contributed by atoms with Crippen molar-refractivity contribution in [1.29, 1.82) is 0 Å². The van der Waals surface area contributed by atoms with E-state index in [-0.39, 0.29) is 5.78 Å². The van der Waals surface area contributed by atoms with Crippen molar-refractivity contribution in [3.63, 3.8) is 0 Å². The van der Waals surface area contributed by atoms with E-state index in [2.05, 4.69) is 0 Å². The zero-order valence-electron chi connectivity index (χ0n) is 10.2. The lowest BCUT2D eigenvalue weighted by atomic mass is 9.96. The molecule has 1 saturated carbocycles. The Morgan fingerprint density at radius 2 is 2.12 bits per heavy atom. The summed E-state index contributed by atoms with van der Waals surface area (Å²) in [5.74, 6) is 1.28. The van der Waals surface area contributed by atoms with Gasteiger partial charge in [0.2, 0.25) is 0 Å². The summed E-state index contributed by atoms with van der Waals surface area (Å²) < 4.78 is 5.13. The Morgan fingerprint density at radius 3 is 2.76 bits per heavy atom. The van der Waals surface area contributed by atoms with Crippen LogP contribution in [-0.4, -0.2) is 12.9 Å². The molecule has 3 heteroatoms. The standard InChI is InChI=1S/C14H19NO2/c1-17-13-8-4-7-11(14(13)15)12(16)9-10-5-2-3-6-10/h4,7-8,10H,2-3,5-6,9,15H2,1H3. The number of nitrogens with two attached hydrogens (primary N) is 1. The topological polar surface area (TPSA) is 52.3 Å². The van der Waals surface area contributed by atoms with Crippen LogP contribution in [-0.2, 0) is 0 Å². The first-order valence-electron chi connectivity index (χ1n) is 6.18. The molecule has 0 saturated heterocycles. The summed E-state index contributed by atoms with van der Waals surface area (Å²) >= 11 is 0. The molecule has 0 spiro atoms. The van der Waals surface area contributed by atoms with Crippen molar-refractivity contribution in [2.75, 3.05) is 12.8 Å². The van der Waals surface area contributed by atoms with Gasteiger partial charge in [0.1, 0.15) is 5.75 Å². The molecule has 0 atom stereocenters. The number of hydrogen-bond acceptors (Lipinski definition) is 3. The Labute approximate surface area is 102 Å². The number of rotatable bonds is 4. The van der Waals surface area contributed by atoms with Crippen molar-refractivity contribution in [1.82, 2.24) is 0 Å². The van der Waals surface area contributed by atoms with Crippen LogP contribution >= 0.6 is 0 Å². The number of anilines is 1. The number of Topliss-reactive ketones (excluding diaryl/α,β-unsaturated/α-hetero) is 1. The average Bonchev–Trinajstić information content (AvgIpc) is 2.82. The highest BCUT2D eigenvalue weighted by Crippen LogP contribution is 2.31. The van der Waals surface area contributed by atoms with Crippen LogP contribution < -0.4 is 10.5 Å². The summed E-state index contributed by atoms with van der Waals surface area (Å²) in [6, 6.07) is 5.38. The number of methoxy groups -OCH3 is 1. The highest BCUT2D eigenvalue weighted by molar-refractivity contribution is 6.02. The zero-order valence-corrected chi connectivity index (χ0v) is 10.2. The van der Waals surface area contributed by atoms with E-state index < -0.39 is 0 Å². The summed E-state index contributed by atoms with van der Waals surface area (Å²) in [6.07, 6.45) is 5.49. The quantitative estimate of drug-likeness (QED) is 0.642. The Kier molecular flexibility index (Phi) is 3.67. The molecule has 0 heterocycles. The molecule has 0 aliphatic heterocycles. The van der Waals surface area contributed by atoms with Gasteiger partial charge in [-0.05, 0) is 18.1 Å². The number of ether oxygens (including phenoxy) is 1. The second-order valence-electron chi connectivity index (χ2n) is 4.70. The van der Waals surface area contributed by atoms with Crippen LogP contribution in [0.4, 0.5) is 5.69 Å². The van der Waals surface area contributed by atoms with Gasteiger partial charge in [0.05, 0.1) is 12.8 Å². The Balaban J connectivity index is 2.12. The molecule has 1 fully saturated rings. The van der Waals surface area contributed by atoms with Gasteiger partial charge in [0.15, 0.2) is 5.78 Å². The number of para-hydroxylation sites is 1. The molecular formula is C14H19NO2. The van der Waals surface area contributed by atoms with E-state index in [4.69, 9.17) is 10.5 Å². The SMILES string of the molecule is COc1cccc(C(=O)CC2CCCC2)c1N. The summed E-state index contributed by atoms with van der Waals surface area (Å²) in [5.41, 5.74) is 7.00. The van der Waals surface area contributed by atoms with E-state index >= 15 is 0 Å². The van der Waals surface area contributed by atoms with Crippen LogP contribution in [0.5, 0.6) is 5.75 Å². The van der Waals surface area contributed by atoms with Crippen LogP contribution in [0.15, 0.2) is 18.2 Å². The maximum Gasteiger partial charge on any atom is 0.165 e. The summed E-state index contributed by atoms with van der Waals surface area (Å²) in [7, 11) is 1.57. The van der Waals surface area contributed by atoms with E-state index in [1.54, 1.807) is 19.2 Å². The van der Waals surface area contributed by atoms with Crippen LogP contribution in [0.1, 0.15) is 42.5 Å². The third-order valence-corrected chi connectivity index (χ3v) is 3.54. The molecule has 92 valence electrons. The molecule has 1 aromatic carbocycles. The van der Waals surface area contributed by atoms with Crippen molar-refractivity contribution in [3.8, 4) is 5.75 Å². The minimum Gasteiger partial charge on any atom is -0.495 e. The summed E-state index contributed by atoms with van der Waals surface area (Å²) in [4.78, 5) is 12.2. The maximum absolute atomic E-state index is 12.2. The predicted octanol–water partition coefficient (Wildman–Crippen LogP) is 3.04. The fourth-order valence-corrected chi connectivity index (χ4v) is 2.55. The molecule has 2 N–H and O–H groups in total. The lowest BCUT2D eigenvalue weighted by Gasteiger charge is -2.11. The van der Waals surface area contributed by atoms with Gasteiger partial charge in [0, 0.05) is 12.0 Å². The van der Waals surface area contributed by atoms with Gasteiger partial charge in [0.25, 0.3) is 0 Å². The van der Waals surface area contributed by atoms with Gasteiger partial charge in [-0.15, -0.1) is 0 Å². The molecule has 1 aliphatic rings. The highest BCUT2D eigenvalue weighted by Gasteiger charge is 2.21. The summed E-state index contributed by atoms with van der Waals surface area (Å²) in [6.45, 7) is 0. The number of nitrogen functional groups attached to an aromatic ring is 1. The van der Waals surface area contributed by atoms with Crippen molar-refractivity contribution in [3.05, 3.63) is 23.8 Å². The lowest BCUT2D eigenvalue weighted by molar-refractivity contribution is 0.0962. The Morgan fingerprint density at radius 1 is 1.41 bits per heavy atom. The van der Waals surface area contributed by atoms with Crippen molar-refractivity contribution >= 4 is 11.5 Å². The zero-order chi connectivity index (χ0) is 12.3. The maximum atomic E-state index is 12.2. The van der Waals surface area contributed by atoms with Crippen LogP contribution in [0, 0.1) is 5.92 Å². The fourth-order valence-electron chi connectivity index (χ4n) is 2.55. The van der Waals surface area contributed by atoms with Gasteiger partial charge < -0.3 is 10.5 Å². The van der Waals surface area contributed by atoms with E-state index in [0.717, 1.165) is 0 Å². The van der Waals surface area contributed by atoms with E-state index in [9.17, 15) is 4.79 Å². The smallest absolute Gasteiger partial charge is 0.165 e. The van der Waals surface area contributed by atoms with E-state index in [0.29, 0.717) is 29.3 Å². The van der Waals surface area contributed by atoms with Gasteiger partial charge in [-0.3, -0.25) is 4.79 Å². The first-order chi connectivity index (χ1) is 8.22. The second kappa shape index (κ2) is 5.21. The first-order valence-corrected chi connectivity index (χ1v) is 6.18. The number of carbonyl (C=O) groups is 1. The first kappa shape index (κ1) is 12.0. The Hall–Kier alpha value is -1.51. The van der Waals surface area contributed by atoms with Gasteiger partial charge in [-0.25, -0.2) is 0 Å². The molecule has 0 radical (unpaired) electrons. The molecule has 0 amide bonds. The molecule has 0 bridgehead atoms. The molecule has 1 aliphatic carbocycles. The van der Waals surface area contributed by atoms with Crippen LogP contribution in [0.25, 0.3) is 0 Å². The van der Waals surface area contributed by atoms with Gasteiger partial charge in [-0.1, -0.05) is 31.7 Å². The van der Waals surface area contributed by atoms with Crippen molar-refractivity contribution in [2.45, 2.75) is 32.1 Å². The number of ketones is 1. The predicted molar refractivity (Wildman–Crippen MR) is 68.3 cm³/mol. The van der Waals surface area contributed by atoms with Crippen molar-refractivity contribution in [2.24, 2.45) is 5.92 Å². The molecule has 0 unspecified atom stereocenters. The van der Waals surface area contributed by atoms with Crippen LogP contribution in [0.2, 0.25) is 0 Å². The second-order valence-corrected chi connectivity index (χ2v) is 4.70. The van der Waals surface area contributed by atoms with E-state index in [1.807, 2.05) is 6.07 Å². The van der Waals surface area contributed by atoms with E-state index in [1.165, 1.54) is 25.7 Å². The third-order valence-electron chi connectivity index (χ3n) is 3.54. The van der Waals surface area contributed by atoms with Crippen LogP contribution in [0.3, 0.4) is 0 Å². The molecular weight excluding hydrogens is 214 g/mol. The van der Waals surface area contributed by atoms with Gasteiger partial charge in [-0.2, -0.15) is 0 Å². The minimum atomic E-state index is 0.147. The molecule has 2 rings (SSSR count). The van der Waals surface area contributed by atoms with Crippen molar-refractivity contribution < 1.29 is 9.53 Å². The normalized spacial score (nSPS) is 16.1. The number of benzene rings is 1. The summed E-state index contributed by atoms with van der Waals surface area (Å²) in [5, 5.41) is 0. The molecule has 0 aromatic heterocycles. The minimum absolute atomic E-state index is 0.147. The molecule has 1 aromatic rings. The molecule has 3 nitrogen and oxygen atoms in total. The largest absolute Gasteiger partial charge is 0.495 e. The monoisotopic (exact) mass is 233 g/mol. The number of carbonyl (C=O) groups excluding carboxylic acids is 1. The number of hydrogen-bond donors (Lipinski definition) is 1. The fraction of sp³-hybridized carbons (Fsp3) is 0.500. The third kappa shape index (κ3) is 2.60.